The molecule has 1 heterocycles. The summed E-state index contributed by atoms with van der Waals surface area (Å²) in [5.41, 5.74) is 1.64. The molecule has 0 fully saturated rings. The normalized spacial score (nSPS) is 12.2. The molecular formula is C13H11BrClFN2. The van der Waals surface area contributed by atoms with Gasteiger partial charge in [-0.1, -0.05) is 11.6 Å². The van der Waals surface area contributed by atoms with Gasteiger partial charge in [0.1, 0.15) is 5.82 Å². The summed E-state index contributed by atoms with van der Waals surface area (Å²) in [6.45, 7) is 1.93. The van der Waals surface area contributed by atoms with Crippen molar-refractivity contribution >= 4 is 33.2 Å². The zero-order chi connectivity index (χ0) is 13.1. The van der Waals surface area contributed by atoms with Gasteiger partial charge in [-0.3, -0.25) is 4.98 Å². The molecule has 2 nitrogen and oxygen atoms in total. The van der Waals surface area contributed by atoms with Crippen LogP contribution >= 0.6 is 27.5 Å². The first-order valence-corrected chi connectivity index (χ1v) is 6.55. The Bertz CT molecular complexity index is 562. The van der Waals surface area contributed by atoms with Crippen molar-refractivity contribution in [1.82, 2.24) is 4.98 Å². The summed E-state index contributed by atoms with van der Waals surface area (Å²) >= 11 is 9.37. The molecule has 0 aliphatic heterocycles. The van der Waals surface area contributed by atoms with Crippen LogP contribution in [0.5, 0.6) is 0 Å². The highest BCUT2D eigenvalue weighted by molar-refractivity contribution is 9.10. The van der Waals surface area contributed by atoms with E-state index in [0.29, 0.717) is 5.02 Å². The summed E-state index contributed by atoms with van der Waals surface area (Å²) in [5, 5.41) is 3.90. The highest BCUT2D eigenvalue weighted by atomic mass is 79.9. The predicted molar refractivity (Wildman–Crippen MR) is 75.4 cm³/mol. The third kappa shape index (κ3) is 3.21. The van der Waals surface area contributed by atoms with E-state index < -0.39 is 0 Å². The lowest BCUT2D eigenvalue weighted by atomic mass is 10.1. The molecule has 94 valence electrons. The summed E-state index contributed by atoms with van der Waals surface area (Å²) in [5.74, 6) is -0.341. The molecule has 5 heteroatoms. The van der Waals surface area contributed by atoms with Crippen molar-refractivity contribution in [2.24, 2.45) is 0 Å². The first kappa shape index (κ1) is 13.3. The van der Waals surface area contributed by atoms with Gasteiger partial charge in [0, 0.05) is 15.7 Å². The molecule has 2 aromatic rings. The molecular weight excluding hydrogens is 319 g/mol. The fourth-order valence-corrected chi connectivity index (χ4v) is 2.12. The number of aromatic nitrogens is 1. The number of nitrogens with zero attached hydrogens (tertiary/aromatic N) is 1. The number of hydrogen-bond acceptors (Lipinski definition) is 2. The van der Waals surface area contributed by atoms with Crippen LogP contribution in [-0.2, 0) is 0 Å². The number of nitrogens with one attached hydrogen (secondary N) is 1. The second-order valence-electron chi connectivity index (χ2n) is 3.93. The predicted octanol–water partition coefficient (Wildman–Crippen LogP) is 4.81. The SMILES string of the molecule is CC(Nc1cc(Cl)ccc1Br)c1cncc(F)c1. The zero-order valence-electron chi connectivity index (χ0n) is 9.62. The number of rotatable bonds is 3. The highest BCUT2D eigenvalue weighted by Gasteiger charge is 2.09. The van der Waals surface area contributed by atoms with Crippen molar-refractivity contribution in [1.29, 1.82) is 0 Å². The van der Waals surface area contributed by atoms with Crippen LogP contribution in [0.15, 0.2) is 41.1 Å². The van der Waals surface area contributed by atoms with Crippen LogP contribution in [0, 0.1) is 5.82 Å². The van der Waals surface area contributed by atoms with Gasteiger partial charge in [0.05, 0.1) is 17.9 Å². The number of pyridine rings is 1. The van der Waals surface area contributed by atoms with Gasteiger partial charge in [0.25, 0.3) is 0 Å². The molecule has 0 saturated carbocycles. The maximum atomic E-state index is 13.1. The van der Waals surface area contributed by atoms with Gasteiger partial charge in [-0.15, -0.1) is 0 Å². The van der Waals surface area contributed by atoms with E-state index in [-0.39, 0.29) is 11.9 Å². The molecule has 0 aliphatic rings. The van der Waals surface area contributed by atoms with E-state index >= 15 is 0 Å². The molecule has 1 N–H and O–H groups in total. The maximum Gasteiger partial charge on any atom is 0.141 e. The second-order valence-corrected chi connectivity index (χ2v) is 5.22. The van der Waals surface area contributed by atoms with Crippen molar-refractivity contribution in [3.63, 3.8) is 0 Å². The molecule has 2 rings (SSSR count). The Labute approximate surface area is 118 Å². The summed E-state index contributed by atoms with van der Waals surface area (Å²) in [7, 11) is 0. The Morgan fingerprint density at radius 3 is 2.83 bits per heavy atom. The zero-order valence-corrected chi connectivity index (χ0v) is 12.0. The third-order valence-electron chi connectivity index (χ3n) is 2.53. The molecule has 0 amide bonds. The standard InChI is InChI=1S/C13H11BrClFN2/c1-8(9-4-11(16)7-17-6-9)18-13-5-10(15)2-3-12(13)14/h2-8,18H,1H3. The van der Waals surface area contributed by atoms with E-state index in [1.54, 1.807) is 12.3 Å². The summed E-state index contributed by atoms with van der Waals surface area (Å²) in [4.78, 5) is 3.83. The van der Waals surface area contributed by atoms with Crippen molar-refractivity contribution < 1.29 is 4.39 Å². The summed E-state index contributed by atoms with van der Waals surface area (Å²) in [6, 6.07) is 6.87. The average molecular weight is 330 g/mol. The van der Waals surface area contributed by atoms with E-state index in [1.165, 1.54) is 12.3 Å². The molecule has 0 radical (unpaired) electrons. The van der Waals surface area contributed by atoms with Crippen molar-refractivity contribution in [2.75, 3.05) is 5.32 Å². The van der Waals surface area contributed by atoms with Gasteiger partial charge < -0.3 is 5.32 Å². The van der Waals surface area contributed by atoms with E-state index in [2.05, 4.69) is 26.2 Å². The Morgan fingerprint density at radius 1 is 1.33 bits per heavy atom. The summed E-state index contributed by atoms with van der Waals surface area (Å²) < 4.78 is 14.0. The van der Waals surface area contributed by atoms with Crippen LogP contribution in [-0.4, -0.2) is 4.98 Å². The maximum absolute atomic E-state index is 13.1. The Hall–Kier alpha value is -1.13. The fraction of sp³-hybridized carbons (Fsp3) is 0.154. The lowest BCUT2D eigenvalue weighted by molar-refractivity contribution is 0.616. The van der Waals surface area contributed by atoms with Gasteiger partial charge in [-0.2, -0.15) is 0 Å². The van der Waals surface area contributed by atoms with Gasteiger partial charge in [-0.05, 0) is 52.7 Å². The Kier molecular flexibility index (Phi) is 4.19. The summed E-state index contributed by atoms with van der Waals surface area (Å²) in [6.07, 6.45) is 2.82. The van der Waals surface area contributed by atoms with E-state index in [1.807, 2.05) is 19.1 Å². The minimum absolute atomic E-state index is 0.0667. The number of hydrogen-bond donors (Lipinski definition) is 1. The minimum atomic E-state index is -0.341. The monoisotopic (exact) mass is 328 g/mol. The molecule has 0 aliphatic carbocycles. The lowest BCUT2D eigenvalue weighted by Crippen LogP contribution is -2.07. The number of halogens is 3. The molecule has 0 spiro atoms. The van der Waals surface area contributed by atoms with Crippen LogP contribution < -0.4 is 5.32 Å². The third-order valence-corrected chi connectivity index (χ3v) is 3.45. The molecule has 0 saturated heterocycles. The van der Waals surface area contributed by atoms with E-state index in [4.69, 9.17) is 11.6 Å². The smallest absolute Gasteiger partial charge is 0.141 e. The lowest BCUT2D eigenvalue weighted by Gasteiger charge is -2.16. The fourth-order valence-electron chi connectivity index (χ4n) is 1.59. The topological polar surface area (TPSA) is 24.9 Å². The number of anilines is 1. The molecule has 18 heavy (non-hydrogen) atoms. The van der Waals surface area contributed by atoms with Crippen LogP contribution in [0.2, 0.25) is 5.02 Å². The van der Waals surface area contributed by atoms with Crippen molar-refractivity contribution in [2.45, 2.75) is 13.0 Å². The Balaban J connectivity index is 2.21. The number of benzene rings is 1. The average Bonchev–Trinajstić information content (AvgIpc) is 2.34. The minimum Gasteiger partial charge on any atom is -0.378 e. The van der Waals surface area contributed by atoms with Crippen molar-refractivity contribution in [3.05, 3.63) is 57.5 Å². The second kappa shape index (κ2) is 5.67. The molecule has 1 aromatic carbocycles. The molecule has 1 unspecified atom stereocenters. The van der Waals surface area contributed by atoms with Crippen LogP contribution in [0.4, 0.5) is 10.1 Å². The highest BCUT2D eigenvalue weighted by Crippen LogP contribution is 2.29. The molecule has 1 aromatic heterocycles. The first-order chi connectivity index (χ1) is 8.56. The van der Waals surface area contributed by atoms with Gasteiger partial charge in [0.2, 0.25) is 0 Å². The van der Waals surface area contributed by atoms with E-state index in [0.717, 1.165) is 15.7 Å². The van der Waals surface area contributed by atoms with Crippen LogP contribution in [0.25, 0.3) is 0 Å². The quantitative estimate of drug-likeness (QED) is 0.874. The van der Waals surface area contributed by atoms with Crippen molar-refractivity contribution in [3.8, 4) is 0 Å². The van der Waals surface area contributed by atoms with Gasteiger partial charge in [-0.25, -0.2) is 4.39 Å². The Morgan fingerprint density at radius 2 is 2.11 bits per heavy atom. The van der Waals surface area contributed by atoms with Gasteiger partial charge in [0.15, 0.2) is 0 Å². The van der Waals surface area contributed by atoms with E-state index in [9.17, 15) is 4.39 Å². The molecule has 0 bridgehead atoms. The first-order valence-electron chi connectivity index (χ1n) is 5.38. The molecule has 1 atom stereocenters. The van der Waals surface area contributed by atoms with Crippen LogP contribution in [0.1, 0.15) is 18.5 Å². The van der Waals surface area contributed by atoms with Crippen LogP contribution in [0.3, 0.4) is 0 Å². The largest absolute Gasteiger partial charge is 0.378 e. The van der Waals surface area contributed by atoms with Gasteiger partial charge >= 0.3 is 0 Å².